The quantitative estimate of drug-likeness (QED) is 0.169. The first kappa shape index (κ1) is 36.6. The molecule has 2 heterocycles. The molecule has 56 heavy (non-hydrogen) atoms. The van der Waals surface area contributed by atoms with Gasteiger partial charge in [-0.05, 0) is 182 Å². The van der Waals surface area contributed by atoms with E-state index in [9.17, 15) is 0 Å². The summed E-state index contributed by atoms with van der Waals surface area (Å²) in [6.07, 6.45) is 0. The number of rotatable bonds is 6. The molecule has 2 aliphatic rings. The van der Waals surface area contributed by atoms with Crippen molar-refractivity contribution in [3.05, 3.63) is 151 Å². The number of hydrogen-bond acceptors (Lipinski definition) is 6. The molecule has 0 unspecified atom stereocenters. The number of benzene rings is 5. The lowest BCUT2D eigenvalue weighted by Gasteiger charge is -2.32. The Bertz CT molecular complexity index is 2530. The highest BCUT2D eigenvalue weighted by Crippen LogP contribution is 2.61. The molecular formula is C50H50N4S2. The highest BCUT2D eigenvalue weighted by molar-refractivity contribution is 7.14. The second-order valence-electron chi connectivity index (χ2n) is 17.4. The minimum Gasteiger partial charge on any atom is -0.286 e. The number of fused-ring (bicyclic) bond motifs is 7. The van der Waals surface area contributed by atoms with Crippen LogP contribution in [0.1, 0.15) is 94.7 Å². The van der Waals surface area contributed by atoms with E-state index < -0.39 is 0 Å². The van der Waals surface area contributed by atoms with Gasteiger partial charge in [0.15, 0.2) is 10.3 Å². The van der Waals surface area contributed by atoms with Gasteiger partial charge < -0.3 is 0 Å². The molecule has 282 valence electrons. The normalized spacial score (nSPS) is 14.4. The maximum Gasteiger partial charge on any atom is 0.194 e. The largest absolute Gasteiger partial charge is 0.286 e. The highest BCUT2D eigenvalue weighted by atomic mass is 32.1. The van der Waals surface area contributed by atoms with E-state index in [2.05, 4.69) is 176 Å². The van der Waals surface area contributed by atoms with Gasteiger partial charge in [-0.3, -0.25) is 9.80 Å². The minimum absolute atomic E-state index is 0.233. The van der Waals surface area contributed by atoms with Gasteiger partial charge in [-0.25, -0.2) is 9.97 Å². The summed E-state index contributed by atoms with van der Waals surface area (Å²) in [5.41, 5.74) is 25.0. The van der Waals surface area contributed by atoms with Crippen molar-refractivity contribution in [1.82, 2.24) is 9.97 Å². The van der Waals surface area contributed by atoms with Crippen molar-refractivity contribution in [3.8, 4) is 22.3 Å². The van der Waals surface area contributed by atoms with Crippen LogP contribution in [0.3, 0.4) is 0 Å². The number of anilines is 6. The SMILES string of the molecule is Cc1cc(C)cc(N(c2cc(C)c3c(c2)C(C)(C)c2c-3ccc3c2C(C)(C)c2cc(N(c4cc(C)cc(C)c4)c4nc(C)cs4)cc(C)c2-3)c2nc(C)cs2)c1. The van der Waals surface area contributed by atoms with E-state index in [1.54, 1.807) is 22.7 Å². The van der Waals surface area contributed by atoms with Gasteiger partial charge in [0, 0.05) is 44.3 Å². The molecule has 0 amide bonds. The fourth-order valence-corrected chi connectivity index (χ4v) is 11.6. The summed E-state index contributed by atoms with van der Waals surface area (Å²) >= 11 is 3.41. The molecule has 0 spiro atoms. The minimum atomic E-state index is -0.233. The van der Waals surface area contributed by atoms with Gasteiger partial charge in [0.1, 0.15) is 0 Å². The number of aromatic nitrogens is 2. The van der Waals surface area contributed by atoms with Gasteiger partial charge in [-0.15, -0.1) is 22.7 Å². The van der Waals surface area contributed by atoms with Gasteiger partial charge in [-0.1, -0.05) is 52.0 Å². The third-order valence-corrected chi connectivity index (χ3v) is 13.9. The zero-order valence-corrected chi connectivity index (χ0v) is 36.3. The molecule has 0 aliphatic heterocycles. The molecular weight excluding hydrogens is 721 g/mol. The fraction of sp³-hybridized carbons (Fsp3) is 0.280. The van der Waals surface area contributed by atoms with Crippen LogP contribution in [-0.2, 0) is 10.8 Å². The first-order valence-electron chi connectivity index (χ1n) is 19.6. The zero-order valence-electron chi connectivity index (χ0n) is 34.7. The number of aryl methyl sites for hydroxylation is 8. The average molecular weight is 771 g/mol. The van der Waals surface area contributed by atoms with Crippen LogP contribution in [0.4, 0.5) is 33.0 Å². The monoisotopic (exact) mass is 770 g/mol. The number of thiazole rings is 2. The molecule has 9 rings (SSSR count). The molecule has 2 aromatic heterocycles. The van der Waals surface area contributed by atoms with Gasteiger partial charge in [0.2, 0.25) is 0 Å². The summed E-state index contributed by atoms with van der Waals surface area (Å²) in [6, 6.07) is 28.1. The highest BCUT2D eigenvalue weighted by Gasteiger charge is 2.47. The lowest BCUT2D eigenvalue weighted by Crippen LogP contribution is -2.24. The molecule has 5 aromatic carbocycles. The van der Waals surface area contributed by atoms with Gasteiger partial charge in [0.25, 0.3) is 0 Å². The first-order valence-corrected chi connectivity index (χ1v) is 21.4. The summed E-state index contributed by atoms with van der Waals surface area (Å²) in [6.45, 7) is 27.3. The van der Waals surface area contributed by atoms with Crippen LogP contribution < -0.4 is 9.80 Å². The van der Waals surface area contributed by atoms with E-state index in [0.717, 1.165) is 44.4 Å². The molecule has 2 aliphatic carbocycles. The van der Waals surface area contributed by atoms with Crippen molar-refractivity contribution in [2.45, 2.75) is 93.9 Å². The third-order valence-electron chi connectivity index (χ3n) is 12.0. The van der Waals surface area contributed by atoms with Crippen LogP contribution in [0.2, 0.25) is 0 Å². The van der Waals surface area contributed by atoms with E-state index >= 15 is 0 Å². The van der Waals surface area contributed by atoms with Crippen LogP contribution in [0.25, 0.3) is 22.3 Å². The average Bonchev–Trinajstić information content (AvgIpc) is 3.84. The predicted molar refractivity (Wildman–Crippen MR) is 240 cm³/mol. The summed E-state index contributed by atoms with van der Waals surface area (Å²) in [5, 5.41) is 6.29. The van der Waals surface area contributed by atoms with E-state index in [0.29, 0.717) is 0 Å². The molecule has 6 heteroatoms. The topological polar surface area (TPSA) is 32.3 Å². The molecule has 0 fully saturated rings. The first-order chi connectivity index (χ1) is 26.5. The van der Waals surface area contributed by atoms with E-state index in [4.69, 9.17) is 9.97 Å². The second-order valence-corrected chi connectivity index (χ2v) is 19.1. The summed E-state index contributed by atoms with van der Waals surface area (Å²) in [7, 11) is 0. The van der Waals surface area contributed by atoms with E-state index in [1.165, 1.54) is 77.9 Å². The zero-order chi connectivity index (χ0) is 39.6. The van der Waals surface area contributed by atoms with Gasteiger partial charge in [-0.2, -0.15) is 0 Å². The predicted octanol–water partition coefficient (Wildman–Crippen LogP) is 14.6. The Morgan fingerprint density at radius 2 is 0.786 bits per heavy atom. The molecule has 0 radical (unpaired) electrons. The number of hydrogen-bond donors (Lipinski definition) is 0. The van der Waals surface area contributed by atoms with Crippen LogP contribution in [0.5, 0.6) is 0 Å². The van der Waals surface area contributed by atoms with Crippen LogP contribution in [0, 0.1) is 55.4 Å². The van der Waals surface area contributed by atoms with E-state index in [-0.39, 0.29) is 10.8 Å². The maximum atomic E-state index is 5.03. The Balaban J connectivity index is 1.21. The Morgan fingerprint density at radius 3 is 1.11 bits per heavy atom. The Kier molecular flexibility index (Phi) is 8.32. The third kappa shape index (κ3) is 5.59. The Hall–Kier alpha value is -5.04. The van der Waals surface area contributed by atoms with Gasteiger partial charge in [0.05, 0.1) is 11.4 Å². The molecule has 0 N–H and O–H groups in total. The fourth-order valence-electron chi connectivity index (χ4n) is 9.87. The Morgan fingerprint density at radius 1 is 0.446 bits per heavy atom. The smallest absolute Gasteiger partial charge is 0.194 e. The summed E-state index contributed by atoms with van der Waals surface area (Å²) < 4.78 is 0. The van der Waals surface area contributed by atoms with E-state index in [1.807, 2.05) is 0 Å². The summed E-state index contributed by atoms with van der Waals surface area (Å²) in [4.78, 5) is 14.8. The van der Waals surface area contributed by atoms with Crippen molar-refractivity contribution in [2.24, 2.45) is 0 Å². The summed E-state index contributed by atoms with van der Waals surface area (Å²) in [5.74, 6) is 0. The van der Waals surface area contributed by atoms with Crippen LogP contribution in [0.15, 0.2) is 83.6 Å². The van der Waals surface area contributed by atoms with Crippen LogP contribution in [-0.4, -0.2) is 9.97 Å². The van der Waals surface area contributed by atoms with Crippen molar-refractivity contribution in [1.29, 1.82) is 0 Å². The maximum absolute atomic E-state index is 5.03. The van der Waals surface area contributed by atoms with Crippen LogP contribution >= 0.6 is 22.7 Å². The molecule has 4 nitrogen and oxygen atoms in total. The van der Waals surface area contributed by atoms with Crippen molar-refractivity contribution in [3.63, 3.8) is 0 Å². The van der Waals surface area contributed by atoms with Crippen molar-refractivity contribution < 1.29 is 0 Å². The molecule has 0 saturated carbocycles. The molecule has 7 aromatic rings. The standard InChI is InChI=1S/C50H50N4S2/c1-27-15-28(2)18-35(17-27)53(47-51-33(7)25-55-47)37-21-31(5)43-39-13-14-40-44-32(6)22-38(24-42(44)50(11,12)46(40)45(39)49(9,10)41(43)23-37)54(48-52-34(8)26-56-48)36-19-29(3)16-30(4)20-36/h13-26H,1-12H3. The molecule has 0 atom stereocenters. The molecule has 0 saturated heterocycles. The number of nitrogens with zero attached hydrogens (tertiary/aromatic N) is 4. The van der Waals surface area contributed by atoms with Crippen molar-refractivity contribution in [2.75, 3.05) is 9.80 Å². The lowest BCUT2D eigenvalue weighted by molar-refractivity contribution is 0.601. The second kappa shape index (κ2) is 12.7. The molecule has 0 bridgehead atoms. The van der Waals surface area contributed by atoms with Gasteiger partial charge >= 0.3 is 0 Å². The van der Waals surface area contributed by atoms with Crippen molar-refractivity contribution >= 4 is 55.7 Å². The Labute approximate surface area is 340 Å². The lowest BCUT2D eigenvalue weighted by atomic mass is 9.72.